The molecule has 0 amide bonds. The lowest BCUT2D eigenvalue weighted by molar-refractivity contribution is 0.738. The molecular weight excluding hydrogens is 228 g/mol. The van der Waals surface area contributed by atoms with Gasteiger partial charge in [0, 0.05) is 31.4 Å². The maximum absolute atomic E-state index is 4.40. The molecule has 0 aliphatic rings. The zero-order valence-electron chi connectivity index (χ0n) is 10.9. The normalized spacial score (nSPS) is 10.4. The molecule has 2 aromatic heterocycles. The van der Waals surface area contributed by atoms with Gasteiger partial charge in [-0.1, -0.05) is 0 Å². The van der Waals surface area contributed by atoms with E-state index in [4.69, 9.17) is 0 Å². The Morgan fingerprint density at radius 3 is 2.50 bits per heavy atom. The van der Waals surface area contributed by atoms with Crippen LogP contribution in [-0.2, 0) is 13.6 Å². The van der Waals surface area contributed by atoms with Crippen molar-refractivity contribution in [1.82, 2.24) is 19.7 Å². The quantitative estimate of drug-likeness (QED) is 0.838. The van der Waals surface area contributed by atoms with E-state index in [9.17, 15) is 0 Å². The first-order valence-electron chi connectivity index (χ1n) is 5.98. The summed E-state index contributed by atoms with van der Waals surface area (Å²) >= 11 is 0. The van der Waals surface area contributed by atoms with Crippen LogP contribution in [0.4, 0.5) is 11.6 Å². The van der Waals surface area contributed by atoms with Crippen molar-refractivity contribution in [2.75, 3.05) is 17.2 Å². The summed E-state index contributed by atoms with van der Waals surface area (Å²) in [5, 5.41) is 10.6. The zero-order chi connectivity index (χ0) is 13.0. The molecule has 0 aliphatic carbocycles. The Morgan fingerprint density at radius 1 is 1.17 bits per heavy atom. The molecule has 0 fully saturated rings. The molecule has 2 aromatic rings. The van der Waals surface area contributed by atoms with Gasteiger partial charge in [-0.05, 0) is 13.8 Å². The first kappa shape index (κ1) is 12.3. The van der Waals surface area contributed by atoms with E-state index in [0.29, 0.717) is 6.54 Å². The van der Waals surface area contributed by atoms with Gasteiger partial charge in [-0.15, -0.1) is 0 Å². The highest BCUT2D eigenvalue weighted by molar-refractivity contribution is 5.42. The van der Waals surface area contributed by atoms with Crippen LogP contribution in [-0.4, -0.2) is 26.3 Å². The smallest absolute Gasteiger partial charge is 0.147 e. The number of rotatable bonds is 5. The predicted octanol–water partition coefficient (Wildman–Crippen LogP) is 1.56. The number of hydrogen-bond acceptors (Lipinski definition) is 5. The van der Waals surface area contributed by atoms with Gasteiger partial charge in [-0.3, -0.25) is 9.67 Å². The fourth-order valence-corrected chi connectivity index (χ4v) is 1.62. The third kappa shape index (κ3) is 2.77. The van der Waals surface area contributed by atoms with Crippen molar-refractivity contribution in [3.05, 3.63) is 29.8 Å². The minimum atomic E-state index is 0.698. The molecule has 18 heavy (non-hydrogen) atoms. The van der Waals surface area contributed by atoms with Crippen LogP contribution in [0.3, 0.4) is 0 Å². The van der Waals surface area contributed by atoms with E-state index in [1.807, 2.05) is 31.8 Å². The Balaban J connectivity index is 2.01. The number of hydrogen-bond donors (Lipinski definition) is 2. The van der Waals surface area contributed by atoms with Gasteiger partial charge in [0.2, 0.25) is 0 Å². The second kappa shape index (κ2) is 5.48. The Morgan fingerprint density at radius 2 is 1.89 bits per heavy atom. The monoisotopic (exact) mass is 246 g/mol. The SMILES string of the molecule is CCNc1cncc(NCc2cnn(C)c2C)n1. The summed E-state index contributed by atoms with van der Waals surface area (Å²) in [7, 11) is 1.93. The van der Waals surface area contributed by atoms with Crippen LogP contribution in [0.15, 0.2) is 18.6 Å². The van der Waals surface area contributed by atoms with Crippen molar-refractivity contribution < 1.29 is 0 Å². The maximum Gasteiger partial charge on any atom is 0.147 e. The van der Waals surface area contributed by atoms with Gasteiger partial charge in [0.15, 0.2) is 0 Å². The van der Waals surface area contributed by atoms with Crippen LogP contribution in [0.25, 0.3) is 0 Å². The lowest BCUT2D eigenvalue weighted by atomic mass is 10.2. The van der Waals surface area contributed by atoms with Gasteiger partial charge in [-0.2, -0.15) is 5.10 Å². The molecule has 0 atom stereocenters. The molecule has 0 saturated heterocycles. The van der Waals surface area contributed by atoms with Crippen LogP contribution in [0, 0.1) is 6.92 Å². The molecule has 96 valence electrons. The van der Waals surface area contributed by atoms with E-state index in [-0.39, 0.29) is 0 Å². The molecule has 6 nitrogen and oxygen atoms in total. The first-order chi connectivity index (χ1) is 8.70. The first-order valence-corrected chi connectivity index (χ1v) is 5.98. The van der Waals surface area contributed by atoms with Crippen molar-refractivity contribution in [3.63, 3.8) is 0 Å². The van der Waals surface area contributed by atoms with E-state index in [2.05, 4.69) is 25.7 Å². The molecule has 6 heteroatoms. The number of nitrogens with one attached hydrogen (secondary N) is 2. The van der Waals surface area contributed by atoms with Crippen molar-refractivity contribution >= 4 is 11.6 Å². The highest BCUT2D eigenvalue weighted by Crippen LogP contribution is 2.10. The van der Waals surface area contributed by atoms with Gasteiger partial charge in [-0.25, -0.2) is 4.98 Å². The van der Waals surface area contributed by atoms with Gasteiger partial charge in [0.1, 0.15) is 11.6 Å². The lowest BCUT2D eigenvalue weighted by Crippen LogP contribution is -2.06. The average Bonchev–Trinajstić information content (AvgIpc) is 2.69. The van der Waals surface area contributed by atoms with Crippen molar-refractivity contribution in [2.24, 2.45) is 7.05 Å². The van der Waals surface area contributed by atoms with E-state index in [0.717, 1.165) is 29.4 Å². The van der Waals surface area contributed by atoms with Gasteiger partial charge >= 0.3 is 0 Å². The fraction of sp³-hybridized carbons (Fsp3) is 0.417. The molecule has 2 heterocycles. The Hall–Kier alpha value is -2.11. The molecule has 2 rings (SSSR count). The van der Waals surface area contributed by atoms with Crippen LogP contribution in [0.1, 0.15) is 18.2 Å². The van der Waals surface area contributed by atoms with Crippen molar-refractivity contribution in [2.45, 2.75) is 20.4 Å². The van der Waals surface area contributed by atoms with Crippen LogP contribution in [0.5, 0.6) is 0 Å². The zero-order valence-corrected chi connectivity index (χ0v) is 10.9. The van der Waals surface area contributed by atoms with Crippen LogP contribution >= 0.6 is 0 Å². The van der Waals surface area contributed by atoms with Crippen LogP contribution in [0.2, 0.25) is 0 Å². The minimum absolute atomic E-state index is 0.698. The summed E-state index contributed by atoms with van der Waals surface area (Å²) in [6, 6.07) is 0. The number of aryl methyl sites for hydroxylation is 1. The molecule has 0 aliphatic heterocycles. The molecule has 0 radical (unpaired) electrons. The third-order valence-corrected chi connectivity index (χ3v) is 2.79. The van der Waals surface area contributed by atoms with Gasteiger partial charge in [0.25, 0.3) is 0 Å². The van der Waals surface area contributed by atoms with Crippen molar-refractivity contribution in [3.8, 4) is 0 Å². The summed E-state index contributed by atoms with van der Waals surface area (Å²) < 4.78 is 1.86. The van der Waals surface area contributed by atoms with Crippen LogP contribution < -0.4 is 10.6 Å². The number of nitrogens with zero attached hydrogens (tertiary/aromatic N) is 4. The fourth-order valence-electron chi connectivity index (χ4n) is 1.62. The van der Waals surface area contributed by atoms with E-state index < -0.39 is 0 Å². The predicted molar refractivity (Wildman–Crippen MR) is 71.5 cm³/mol. The molecule has 0 unspecified atom stereocenters. The molecule has 0 spiro atoms. The topological polar surface area (TPSA) is 67.7 Å². The largest absolute Gasteiger partial charge is 0.369 e. The molecule has 0 aromatic carbocycles. The Kier molecular flexibility index (Phi) is 3.76. The summed E-state index contributed by atoms with van der Waals surface area (Å²) in [5.74, 6) is 1.54. The Labute approximate surface area is 106 Å². The van der Waals surface area contributed by atoms with Gasteiger partial charge < -0.3 is 10.6 Å². The van der Waals surface area contributed by atoms with E-state index in [1.54, 1.807) is 12.4 Å². The van der Waals surface area contributed by atoms with E-state index in [1.165, 1.54) is 0 Å². The maximum atomic E-state index is 4.40. The highest BCUT2D eigenvalue weighted by Gasteiger charge is 2.04. The number of anilines is 2. The third-order valence-electron chi connectivity index (χ3n) is 2.79. The Bertz CT molecular complexity index is 519. The molecular formula is C12H18N6. The second-order valence-corrected chi connectivity index (χ2v) is 4.05. The summed E-state index contributed by atoms with van der Waals surface area (Å²) in [6.45, 7) is 5.61. The molecule has 0 bridgehead atoms. The number of aromatic nitrogens is 4. The average molecular weight is 246 g/mol. The summed E-state index contributed by atoms with van der Waals surface area (Å²) in [4.78, 5) is 8.54. The second-order valence-electron chi connectivity index (χ2n) is 4.05. The highest BCUT2D eigenvalue weighted by atomic mass is 15.3. The summed E-state index contributed by atoms with van der Waals surface area (Å²) in [5.41, 5.74) is 2.31. The molecule has 2 N–H and O–H groups in total. The summed E-state index contributed by atoms with van der Waals surface area (Å²) in [6.07, 6.45) is 5.29. The molecule has 0 saturated carbocycles. The van der Waals surface area contributed by atoms with E-state index >= 15 is 0 Å². The standard InChI is InChI=1S/C12H18N6/c1-4-14-11-7-13-8-12(17-11)15-5-10-6-16-18(3)9(10)2/h6-8H,4-5H2,1-3H3,(H2,14,15,17). The van der Waals surface area contributed by atoms with Crippen molar-refractivity contribution in [1.29, 1.82) is 0 Å². The lowest BCUT2D eigenvalue weighted by Gasteiger charge is -2.07. The van der Waals surface area contributed by atoms with Gasteiger partial charge in [0.05, 0.1) is 18.6 Å². The minimum Gasteiger partial charge on any atom is -0.369 e.